The number of rotatable bonds is 5. The third-order valence-electron chi connectivity index (χ3n) is 3.10. The first-order chi connectivity index (χ1) is 10.0. The van der Waals surface area contributed by atoms with Crippen molar-refractivity contribution >= 4 is 17.2 Å². The fourth-order valence-corrected chi connectivity index (χ4v) is 2.00. The maximum Gasteiger partial charge on any atom is 0.129 e. The molecule has 0 aliphatic rings. The highest BCUT2D eigenvalue weighted by Gasteiger charge is 2.08. The van der Waals surface area contributed by atoms with Gasteiger partial charge < -0.3 is 15.2 Å². The van der Waals surface area contributed by atoms with Gasteiger partial charge in [-0.05, 0) is 36.8 Å². The highest BCUT2D eigenvalue weighted by molar-refractivity contribution is 7.80. The van der Waals surface area contributed by atoms with Crippen LogP contribution >= 0.6 is 12.2 Å². The summed E-state index contributed by atoms with van der Waals surface area (Å²) in [6.45, 7) is 1.94. The molecule has 0 aliphatic heterocycles. The Morgan fingerprint density at radius 1 is 1.24 bits per heavy atom. The lowest BCUT2D eigenvalue weighted by atomic mass is 10.1. The maximum absolute atomic E-state index is 13.5. The number of nitrogens with two attached hydrogens (primary N) is 1. The highest BCUT2D eigenvalue weighted by atomic mass is 32.1. The SMILES string of the molecule is COc1ccc(C(N)=S)cc1COc1ccc(C)c(F)c1. The molecule has 0 radical (unpaired) electrons. The van der Waals surface area contributed by atoms with Crippen molar-refractivity contribution in [1.82, 2.24) is 0 Å². The lowest BCUT2D eigenvalue weighted by Crippen LogP contribution is -2.10. The van der Waals surface area contributed by atoms with Gasteiger partial charge in [0.1, 0.15) is 28.9 Å². The highest BCUT2D eigenvalue weighted by Crippen LogP contribution is 2.23. The van der Waals surface area contributed by atoms with Crippen molar-refractivity contribution in [3.8, 4) is 11.5 Å². The van der Waals surface area contributed by atoms with E-state index in [0.717, 1.165) is 11.1 Å². The Kier molecular flexibility index (Phi) is 4.75. The molecule has 2 rings (SSSR count). The number of methoxy groups -OCH3 is 1. The topological polar surface area (TPSA) is 44.5 Å². The monoisotopic (exact) mass is 305 g/mol. The van der Waals surface area contributed by atoms with Crippen molar-refractivity contribution in [2.24, 2.45) is 5.73 Å². The fraction of sp³-hybridized carbons (Fsp3) is 0.188. The number of thiocarbonyl (C=S) groups is 1. The van der Waals surface area contributed by atoms with E-state index in [1.165, 1.54) is 6.07 Å². The van der Waals surface area contributed by atoms with Gasteiger partial charge in [0.15, 0.2) is 0 Å². The van der Waals surface area contributed by atoms with Crippen molar-refractivity contribution in [3.05, 3.63) is 58.9 Å². The summed E-state index contributed by atoms with van der Waals surface area (Å²) in [7, 11) is 1.57. The van der Waals surface area contributed by atoms with Crippen LogP contribution in [0, 0.1) is 12.7 Å². The van der Waals surface area contributed by atoms with Crippen LogP contribution in [-0.4, -0.2) is 12.1 Å². The van der Waals surface area contributed by atoms with E-state index in [1.807, 2.05) is 6.07 Å². The molecule has 0 heterocycles. The molecule has 0 aromatic heterocycles. The van der Waals surface area contributed by atoms with E-state index in [9.17, 15) is 4.39 Å². The van der Waals surface area contributed by atoms with E-state index in [-0.39, 0.29) is 12.4 Å². The van der Waals surface area contributed by atoms with Crippen LogP contribution in [0.2, 0.25) is 0 Å². The van der Waals surface area contributed by atoms with Crippen molar-refractivity contribution < 1.29 is 13.9 Å². The molecular weight excluding hydrogens is 289 g/mol. The van der Waals surface area contributed by atoms with E-state index in [0.29, 0.717) is 22.1 Å². The third kappa shape index (κ3) is 3.70. The number of halogens is 1. The summed E-state index contributed by atoms with van der Waals surface area (Å²) in [5.74, 6) is 0.833. The normalized spacial score (nSPS) is 10.2. The summed E-state index contributed by atoms with van der Waals surface area (Å²) in [5.41, 5.74) is 7.73. The number of benzene rings is 2. The molecule has 0 atom stereocenters. The van der Waals surface area contributed by atoms with Gasteiger partial charge in [0.25, 0.3) is 0 Å². The molecule has 0 aliphatic carbocycles. The number of hydrogen-bond donors (Lipinski definition) is 1. The van der Waals surface area contributed by atoms with Crippen LogP contribution in [0.4, 0.5) is 4.39 Å². The zero-order valence-electron chi connectivity index (χ0n) is 11.9. The van der Waals surface area contributed by atoms with Crippen LogP contribution < -0.4 is 15.2 Å². The van der Waals surface area contributed by atoms with Crippen molar-refractivity contribution in [2.45, 2.75) is 13.5 Å². The summed E-state index contributed by atoms with van der Waals surface area (Å²) < 4.78 is 24.4. The lowest BCUT2D eigenvalue weighted by Gasteiger charge is -2.12. The lowest BCUT2D eigenvalue weighted by molar-refractivity contribution is 0.295. The van der Waals surface area contributed by atoms with E-state index < -0.39 is 0 Å². The van der Waals surface area contributed by atoms with E-state index in [2.05, 4.69) is 0 Å². The third-order valence-corrected chi connectivity index (χ3v) is 3.34. The van der Waals surface area contributed by atoms with Crippen LogP contribution in [0.3, 0.4) is 0 Å². The molecule has 2 N–H and O–H groups in total. The maximum atomic E-state index is 13.5. The van der Waals surface area contributed by atoms with E-state index >= 15 is 0 Å². The van der Waals surface area contributed by atoms with Gasteiger partial charge in [-0.2, -0.15) is 0 Å². The Bertz CT molecular complexity index is 673. The Morgan fingerprint density at radius 3 is 2.62 bits per heavy atom. The Morgan fingerprint density at radius 2 is 2.00 bits per heavy atom. The van der Waals surface area contributed by atoms with Gasteiger partial charge in [-0.25, -0.2) is 4.39 Å². The van der Waals surface area contributed by atoms with Crippen molar-refractivity contribution in [3.63, 3.8) is 0 Å². The first-order valence-corrected chi connectivity index (χ1v) is 6.77. The number of ether oxygens (including phenoxy) is 2. The molecule has 2 aromatic rings. The first-order valence-electron chi connectivity index (χ1n) is 6.37. The zero-order chi connectivity index (χ0) is 15.4. The smallest absolute Gasteiger partial charge is 0.129 e. The van der Waals surface area contributed by atoms with E-state index in [4.69, 9.17) is 27.4 Å². The van der Waals surface area contributed by atoms with Gasteiger partial charge in [-0.1, -0.05) is 18.3 Å². The van der Waals surface area contributed by atoms with Gasteiger partial charge in [-0.3, -0.25) is 0 Å². The molecule has 21 heavy (non-hydrogen) atoms. The minimum Gasteiger partial charge on any atom is -0.496 e. The Hall–Kier alpha value is -2.14. The molecule has 0 spiro atoms. The van der Waals surface area contributed by atoms with Gasteiger partial charge >= 0.3 is 0 Å². The van der Waals surface area contributed by atoms with Gasteiger partial charge in [0, 0.05) is 17.2 Å². The summed E-state index contributed by atoms with van der Waals surface area (Å²) in [4.78, 5) is 0.306. The summed E-state index contributed by atoms with van der Waals surface area (Å²) in [6.07, 6.45) is 0. The van der Waals surface area contributed by atoms with Gasteiger partial charge in [0.05, 0.1) is 7.11 Å². The molecule has 3 nitrogen and oxygen atoms in total. The van der Waals surface area contributed by atoms with Crippen LogP contribution in [0.5, 0.6) is 11.5 Å². The second-order valence-electron chi connectivity index (χ2n) is 4.59. The van der Waals surface area contributed by atoms with Crippen LogP contribution in [0.15, 0.2) is 36.4 Å². The molecule has 110 valence electrons. The summed E-state index contributed by atoms with van der Waals surface area (Å²) >= 11 is 4.96. The Labute approximate surface area is 128 Å². The molecule has 0 unspecified atom stereocenters. The van der Waals surface area contributed by atoms with Gasteiger partial charge in [-0.15, -0.1) is 0 Å². The average molecular weight is 305 g/mol. The largest absolute Gasteiger partial charge is 0.496 e. The minimum atomic E-state index is -0.295. The van der Waals surface area contributed by atoms with Crippen LogP contribution in [-0.2, 0) is 6.61 Å². The zero-order valence-corrected chi connectivity index (χ0v) is 12.7. The summed E-state index contributed by atoms with van der Waals surface area (Å²) in [5, 5.41) is 0. The molecule has 0 saturated heterocycles. The van der Waals surface area contributed by atoms with Gasteiger partial charge in [0.2, 0.25) is 0 Å². The predicted molar refractivity (Wildman–Crippen MR) is 84.4 cm³/mol. The molecule has 0 saturated carbocycles. The molecule has 0 amide bonds. The number of aryl methyl sites for hydroxylation is 1. The molecule has 2 aromatic carbocycles. The van der Waals surface area contributed by atoms with Crippen LogP contribution in [0.1, 0.15) is 16.7 Å². The summed E-state index contributed by atoms with van der Waals surface area (Å²) in [6, 6.07) is 10.1. The second-order valence-corrected chi connectivity index (χ2v) is 5.03. The van der Waals surface area contributed by atoms with Crippen molar-refractivity contribution in [2.75, 3.05) is 7.11 Å². The quantitative estimate of drug-likeness (QED) is 0.860. The second kappa shape index (κ2) is 6.54. The van der Waals surface area contributed by atoms with Crippen molar-refractivity contribution in [1.29, 1.82) is 0 Å². The van der Waals surface area contributed by atoms with E-state index in [1.54, 1.807) is 38.3 Å². The average Bonchev–Trinajstić information content (AvgIpc) is 2.48. The first kappa shape index (κ1) is 15.3. The molecule has 0 bridgehead atoms. The predicted octanol–water partition coefficient (Wildman–Crippen LogP) is 3.36. The molecule has 0 fully saturated rings. The molecular formula is C16H16FNO2S. The Balaban J connectivity index is 2.19. The molecule has 5 heteroatoms. The number of hydrogen-bond acceptors (Lipinski definition) is 3. The fourth-order valence-electron chi connectivity index (χ4n) is 1.87. The standard InChI is InChI=1S/C16H16FNO2S/c1-10-3-5-13(8-14(10)17)20-9-12-7-11(16(18)21)4-6-15(12)19-2/h3-8H,9H2,1-2H3,(H2,18,21). The minimum absolute atomic E-state index is 0.238. The van der Waals surface area contributed by atoms with Crippen LogP contribution in [0.25, 0.3) is 0 Å².